The van der Waals surface area contributed by atoms with E-state index in [-0.39, 0.29) is 0 Å². The molecule has 46 heavy (non-hydrogen) atoms. The topological polar surface area (TPSA) is 81.4 Å². The summed E-state index contributed by atoms with van der Waals surface area (Å²) >= 11 is 0. The van der Waals surface area contributed by atoms with Crippen molar-refractivity contribution in [2.45, 2.75) is 25.9 Å². The first-order valence-electron chi connectivity index (χ1n) is 15.3. The normalized spacial score (nSPS) is 11.3. The summed E-state index contributed by atoms with van der Waals surface area (Å²) in [5, 5.41) is 18.0. The molecule has 0 fully saturated rings. The molecule has 7 heteroatoms. The molecule has 5 aromatic carbocycles. The second kappa shape index (κ2) is 12.6. The summed E-state index contributed by atoms with van der Waals surface area (Å²) in [4.78, 5) is 10.6. The van der Waals surface area contributed by atoms with Crippen LogP contribution in [0.4, 0.5) is 5.82 Å². The highest BCUT2D eigenvalue weighted by molar-refractivity contribution is 5.80. The van der Waals surface area contributed by atoms with Crippen molar-refractivity contribution in [1.29, 1.82) is 0 Å². The van der Waals surface area contributed by atoms with Crippen molar-refractivity contribution in [2.75, 3.05) is 5.32 Å². The minimum absolute atomic E-state index is 0.558. The van der Waals surface area contributed by atoms with Gasteiger partial charge in [-0.05, 0) is 52.4 Å². The summed E-state index contributed by atoms with van der Waals surface area (Å²) < 4.78 is 0. The Bertz CT molecular complexity index is 1940. The third kappa shape index (κ3) is 5.55. The van der Waals surface area contributed by atoms with E-state index in [1.807, 2.05) is 50.2 Å². The number of nitrogens with one attached hydrogen (secondary N) is 1. The second-order valence-electron chi connectivity index (χ2n) is 11.2. The molecule has 0 saturated heterocycles. The molecule has 0 amide bonds. The third-order valence-corrected chi connectivity index (χ3v) is 8.16. The molecule has 0 radical (unpaired) electrons. The Labute approximate surface area is 268 Å². The van der Waals surface area contributed by atoms with Gasteiger partial charge < -0.3 is 5.32 Å². The number of nitrogens with zero attached hydrogens (tertiary/aromatic N) is 6. The van der Waals surface area contributed by atoms with Crippen LogP contribution in [0.2, 0.25) is 0 Å². The minimum Gasteiger partial charge on any atom is -0.366 e. The van der Waals surface area contributed by atoms with E-state index in [4.69, 9.17) is 10.3 Å². The Balaban J connectivity index is 1.27. The summed E-state index contributed by atoms with van der Waals surface area (Å²) in [5.74, 6) is 2.14. The van der Waals surface area contributed by atoms with E-state index in [1.54, 1.807) is 4.80 Å². The third-order valence-electron chi connectivity index (χ3n) is 8.16. The summed E-state index contributed by atoms with van der Waals surface area (Å²) in [6, 6.07) is 49.9. The van der Waals surface area contributed by atoms with Crippen LogP contribution in [-0.2, 0) is 12.1 Å². The van der Waals surface area contributed by atoms with Crippen LogP contribution in [0.15, 0.2) is 146 Å². The minimum atomic E-state index is -0.834. The van der Waals surface area contributed by atoms with Crippen molar-refractivity contribution < 1.29 is 0 Å². The van der Waals surface area contributed by atoms with Gasteiger partial charge in [0.15, 0.2) is 5.54 Å². The highest BCUT2D eigenvalue weighted by atomic mass is 15.6. The number of aryl methyl sites for hydroxylation is 2. The summed E-state index contributed by atoms with van der Waals surface area (Å²) in [6.07, 6.45) is 0. The zero-order valence-corrected chi connectivity index (χ0v) is 25.7. The van der Waals surface area contributed by atoms with Crippen LogP contribution in [0, 0.1) is 13.8 Å². The lowest BCUT2D eigenvalue weighted by molar-refractivity contribution is 0.396. The molecule has 7 nitrogen and oxygen atoms in total. The lowest BCUT2D eigenvalue weighted by Gasteiger charge is -2.34. The van der Waals surface area contributed by atoms with Crippen LogP contribution in [-0.4, -0.2) is 30.2 Å². The molecule has 7 rings (SSSR count). The van der Waals surface area contributed by atoms with Crippen LogP contribution in [0.5, 0.6) is 0 Å². The van der Waals surface area contributed by atoms with E-state index in [2.05, 4.69) is 130 Å². The molecule has 2 heterocycles. The molecule has 0 aliphatic rings. The molecular formula is C39H33N7. The number of tetrazole rings is 1. The Kier molecular flexibility index (Phi) is 7.87. The Morgan fingerprint density at radius 1 is 0.609 bits per heavy atom. The highest BCUT2D eigenvalue weighted by Gasteiger charge is 2.41. The Morgan fingerprint density at radius 3 is 1.72 bits per heavy atom. The fourth-order valence-electron chi connectivity index (χ4n) is 6.08. The van der Waals surface area contributed by atoms with Crippen LogP contribution in [0.25, 0.3) is 22.5 Å². The van der Waals surface area contributed by atoms with E-state index in [0.717, 1.165) is 56.3 Å². The van der Waals surface area contributed by atoms with Gasteiger partial charge in [-0.1, -0.05) is 140 Å². The quantitative estimate of drug-likeness (QED) is 0.170. The molecule has 0 spiro atoms. The molecule has 0 aliphatic heterocycles. The lowest BCUT2D eigenvalue weighted by Crippen LogP contribution is -2.39. The SMILES string of the molecule is Cc1cc(NCc2ccc(-c3ccccc3-c3nnn(C(c4ccccc4)(c4ccccc4)c4ccccc4)n3)cc2)nc(C)n1. The fraction of sp³-hybridized carbons (Fsp3) is 0.103. The number of hydrogen-bond acceptors (Lipinski definition) is 6. The maximum Gasteiger partial charge on any atom is 0.205 e. The van der Waals surface area contributed by atoms with Gasteiger partial charge in [-0.15, -0.1) is 15.0 Å². The molecule has 0 unspecified atom stereocenters. The fourth-order valence-corrected chi connectivity index (χ4v) is 6.08. The lowest BCUT2D eigenvalue weighted by atomic mass is 9.77. The number of aromatic nitrogens is 6. The van der Waals surface area contributed by atoms with Crippen molar-refractivity contribution >= 4 is 5.82 Å². The molecular weight excluding hydrogens is 566 g/mol. The molecule has 0 aliphatic carbocycles. The molecule has 0 saturated carbocycles. The molecule has 2 aromatic heterocycles. The van der Waals surface area contributed by atoms with Gasteiger partial charge in [-0.3, -0.25) is 0 Å². The van der Waals surface area contributed by atoms with Gasteiger partial charge in [-0.2, -0.15) is 0 Å². The largest absolute Gasteiger partial charge is 0.366 e. The van der Waals surface area contributed by atoms with E-state index in [1.165, 1.54) is 0 Å². The first-order valence-corrected chi connectivity index (χ1v) is 15.3. The maximum atomic E-state index is 5.14. The van der Waals surface area contributed by atoms with Gasteiger partial charge >= 0.3 is 0 Å². The first-order chi connectivity index (χ1) is 22.6. The van der Waals surface area contributed by atoms with E-state index < -0.39 is 5.54 Å². The predicted octanol–water partition coefficient (Wildman–Crippen LogP) is 7.87. The molecule has 224 valence electrons. The van der Waals surface area contributed by atoms with Gasteiger partial charge in [0.2, 0.25) is 5.82 Å². The van der Waals surface area contributed by atoms with E-state index in [0.29, 0.717) is 12.4 Å². The standard InChI is InChI=1S/C39H33N7/c1-28-26-37(42-29(2)41-28)40-27-30-22-24-31(25-23-30)35-20-12-13-21-36(35)38-43-45-46(44-38)39(32-14-6-3-7-15-32,33-16-8-4-9-17-33)34-18-10-5-11-19-34/h3-26H,27H2,1-2H3,(H,40,41,42). The van der Waals surface area contributed by atoms with Gasteiger partial charge in [0.05, 0.1) is 0 Å². The number of rotatable bonds is 9. The van der Waals surface area contributed by atoms with Gasteiger partial charge in [-0.25, -0.2) is 9.97 Å². The van der Waals surface area contributed by atoms with Crippen LogP contribution < -0.4 is 5.32 Å². The van der Waals surface area contributed by atoms with Crippen LogP contribution in [0.1, 0.15) is 33.8 Å². The first kappa shape index (κ1) is 28.8. The van der Waals surface area contributed by atoms with Gasteiger partial charge in [0.25, 0.3) is 0 Å². The average molecular weight is 600 g/mol. The number of anilines is 1. The van der Waals surface area contributed by atoms with Gasteiger partial charge in [0, 0.05) is 23.9 Å². The van der Waals surface area contributed by atoms with Crippen LogP contribution >= 0.6 is 0 Å². The Hall–Kier alpha value is -5.95. The number of hydrogen-bond donors (Lipinski definition) is 1. The highest BCUT2D eigenvalue weighted by Crippen LogP contribution is 2.40. The van der Waals surface area contributed by atoms with E-state index >= 15 is 0 Å². The van der Waals surface area contributed by atoms with Crippen LogP contribution in [0.3, 0.4) is 0 Å². The van der Waals surface area contributed by atoms with Crippen molar-refractivity contribution in [1.82, 2.24) is 30.2 Å². The van der Waals surface area contributed by atoms with Crippen molar-refractivity contribution in [3.05, 3.63) is 179 Å². The van der Waals surface area contributed by atoms with Crippen molar-refractivity contribution in [3.63, 3.8) is 0 Å². The maximum absolute atomic E-state index is 5.14. The summed E-state index contributed by atoms with van der Waals surface area (Å²) in [6.45, 7) is 4.54. The smallest absolute Gasteiger partial charge is 0.205 e. The number of benzene rings is 5. The molecule has 1 N–H and O–H groups in total. The van der Waals surface area contributed by atoms with Gasteiger partial charge in [0.1, 0.15) is 11.6 Å². The zero-order chi connectivity index (χ0) is 31.3. The van der Waals surface area contributed by atoms with E-state index in [9.17, 15) is 0 Å². The summed E-state index contributed by atoms with van der Waals surface area (Å²) in [5.41, 5.74) is 7.41. The zero-order valence-electron chi connectivity index (χ0n) is 25.7. The van der Waals surface area contributed by atoms with Crippen molar-refractivity contribution in [3.8, 4) is 22.5 Å². The average Bonchev–Trinajstić information content (AvgIpc) is 3.59. The second-order valence-corrected chi connectivity index (χ2v) is 11.2. The van der Waals surface area contributed by atoms with Crippen molar-refractivity contribution in [2.24, 2.45) is 0 Å². The monoisotopic (exact) mass is 599 g/mol. The Morgan fingerprint density at radius 2 is 1.15 bits per heavy atom. The molecule has 0 bridgehead atoms. The molecule has 7 aromatic rings. The predicted molar refractivity (Wildman–Crippen MR) is 182 cm³/mol. The molecule has 0 atom stereocenters. The summed E-state index contributed by atoms with van der Waals surface area (Å²) in [7, 11) is 0.